The van der Waals surface area contributed by atoms with Crippen LogP contribution in [0.1, 0.15) is 44.0 Å². The summed E-state index contributed by atoms with van der Waals surface area (Å²) in [4.78, 5) is 26.4. The molecule has 0 aromatic carbocycles. The molecule has 0 fully saturated rings. The highest BCUT2D eigenvalue weighted by Crippen LogP contribution is 2.30. The summed E-state index contributed by atoms with van der Waals surface area (Å²) in [7, 11) is 0. The molecule has 3 aromatic rings. The monoisotopic (exact) mass is 361 g/mol. The maximum absolute atomic E-state index is 12.9. The van der Waals surface area contributed by atoms with Gasteiger partial charge in [0.05, 0.1) is 6.04 Å². The van der Waals surface area contributed by atoms with Crippen molar-refractivity contribution in [1.29, 1.82) is 0 Å². The van der Waals surface area contributed by atoms with Crippen LogP contribution in [0.15, 0.2) is 55.2 Å². The van der Waals surface area contributed by atoms with Crippen molar-refractivity contribution in [2.75, 3.05) is 0 Å². The Hall–Kier alpha value is -3.02. The summed E-state index contributed by atoms with van der Waals surface area (Å²) in [6.45, 7) is 3.85. The van der Waals surface area contributed by atoms with Crippen molar-refractivity contribution in [2.45, 2.75) is 44.7 Å². The highest BCUT2D eigenvalue weighted by Gasteiger charge is 2.32. The topological polar surface area (TPSA) is 72.7 Å². The minimum Gasteiger partial charge on any atom is -0.347 e. The van der Waals surface area contributed by atoms with E-state index in [2.05, 4.69) is 15.3 Å². The molecule has 3 aromatic heterocycles. The minimum absolute atomic E-state index is 0.00659. The Bertz CT molecular complexity index is 934. The van der Waals surface area contributed by atoms with E-state index in [4.69, 9.17) is 4.98 Å². The molecule has 0 saturated heterocycles. The Balaban J connectivity index is 1.58. The second-order valence-corrected chi connectivity index (χ2v) is 7.40. The van der Waals surface area contributed by atoms with Gasteiger partial charge in [-0.1, -0.05) is 0 Å². The second-order valence-electron chi connectivity index (χ2n) is 7.40. The molecule has 0 spiro atoms. The largest absolute Gasteiger partial charge is 0.347 e. The fourth-order valence-corrected chi connectivity index (χ4v) is 3.49. The number of aryl methyl sites for hydroxylation is 1. The lowest BCUT2D eigenvalue weighted by atomic mass is 9.91. The molecule has 1 amide bonds. The van der Waals surface area contributed by atoms with Crippen molar-refractivity contribution in [3.8, 4) is 11.4 Å². The van der Waals surface area contributed by atoms with Gasteiger partial charge in [0.15, 0.2) is 5.82 Å². The zero-order valence-electron chi connectivity index (χ0n) is 15.6. The Morgan fingerprint density at radius 3 is 2.78 bits per heavy atom. The van der Waals surface area contributed by atoms with E-state index >= 15 is 0 Å². The first kappa shape index (κ1) is 17.4. The summed E-state index contributed by atoms with van der Waals surface area (Å²) in [5, 5.41) is 3.21. The molecule has 1 aliphatic carbocycles. The molecule has 138 valence electrons. The maximum atomic E-state index is 12.9. The number of pyridine rings is 1. The molecule has 3 heterocycles. The summed E-state index contributed by atoms with van der Waals surface area (Å²) < 4.78 is 1.92. The van der Waals surface area contributed by atoms with Crippen molar-refractivity contribution in [3.05, 3.63) is 66.5 Å². The number of fused-ring (bicyclic) bond motifs is 1. The van der Waals surface area contributed by atoms with Gasteiger partial charge >= 0.3 is 0 Å². The van der Waals surface area contributed by atoms with Gasteiger partial charge < -0.3 is 9.88 Å². The van der Waals surface area contributed by atoms with Crippen molar-refractivity contribution in [2.24, 2.45) is 0 Å². The number of hydrogen-bond acceptors (Lipinski definition) is 4. The van der Waals surface area contributed by atoms with Gasteiger partial charge in [0.2, 0.25) is 5.91 Å². The van der Waals surface area contributed by atoms with Crippen LogP contribution in [0.25, 0.3) is 11.4 Å². The fraction of sp³-hybridized carbons (Fsp3) is 0.333. The molecule has 1 atom stereocenters. The minimum atomic E-state index is -0.655. The molecule has 4 rings (SSSR count). The van der Waals surface area contributed by atoms with E-state index in [1.165, 1.54) is 0 Å². The van der Waals surface area contributed by atoms with E-state index in [-0.39, 0.29) is 11.9 Å². The van der Waals surface area contributed by atoms with Crippen LogP contribution in [0, 0.1) is 0 Å². The van der Waals surface area contributed by atoms with Gasteiger partial charge in [0.1, 0.15) is 5.54 Å². The molecule has 0 saturated carbocycles. The quantitative estimate of drug-likeness (QED) is 0.774. The van der Waals surface area contributed by atoms with E-state index in [1.807, 2.05) is 61.3 Å². The lowest BCUT2D eigenvalue weighted by Gasteiger charge is -2.31. The SMILES string of the molecule is CC(C)(C(=O)NC1CCCc2nc(-c3cccnc3)ncc21)n1cccc1. The zero-order valence-corrected chi connectivity index (χ0v) is 15.6. The van der Waals surface area contributed by atoms with Gasteiger partial charge in [0.25, 0.3) is 0 Å². The standard InChI is InChI=1S/C21H23N5O/c1-21(2,26-11-3-4-12-26)20(27)25-18-9-5-8-17-16(18)14-23-19(24-17)15-7-6-10-22-13-15/h3-4,6-7,10-14,18H,5,8-9H2,1-2H3,(H,25,27). The predicted molar refractivity (Wildman–Crippen MR) is 103 cm³/mol. The lowest BCUT2D eigenvalue weighted by Crippen LogP contribution is -2.45. The third-order valence-corrected chi connectivity index (χ3v) is 5.21. The van der Waals surface area contributed by atoms with Crippen molar-refractivity contribution in [1.82, 2.24) is 24.8 Å². The summed E-state index contributed by atoms with van der Waals surface area (Å²) in [6, 6.07) is 7.64. The van der Waals surface area contributed by atoms with E-state index in [0.29, 0.717) is 5.82 Å². The van der Waals surface area contributed by atoms with Crippen LogP contribution >= 0.6 is 0 Å². The molecular formula is C21H23N5O. The van der Waals surface area contributed by atoms with Crippen LogP contribution in [-0.2, 0) is 16.8 Å². The molecule has 0 aliphatic heterocycles. The average molecular weight is 361 g/mol. The summed E-state index contributed by atoms with van der Waals surface area (Å²) in [6.07, 6.45) is 12.0. The molecule has 1 unspecified atom stereocenters. The number of nitrogens with one attached hydrogen (secondary N) is 1. The van der Waals surface area contributed by atoms with Crippen molar-refractivity contribution >= 4 is 5.91 Å². The molecule has 6 heteroatoms. The number of carbonyl (C=O) groups excluding carboxylic acids is 1. The normalized spacial score (nSPS) is 16.6. The van der Waals surface area contributed by atoms with Crippen LogP contribution in [0.5, 0.6) is 0 Å². The first-order chi connectivity index (χ1) is 13.1. The number of amides is 1. The van der Waals surface area contributed by atoms with Gasteiger partial charge in [-0.05, 0) is 57.4 Å². The Kier molecular flexibility index (Phi) is 4.48. The fourth-order valence-electron chi connectivity index (χ4n) is 3.49. The first-order valence-corrected chi connectivity index (χ1v) is 9.26. The van der Waals surface area contributed by atoms with Gasteiger partial charge in [-0.2, -0.15) is 0 Å². The maximum Gasteiger partial charge on any atom is 0.246 e. The highest BCUT2D eigenvalue weighted by atomic mass is 16.2. The van der Waals surface area contributed by atoms with Gasteiger partial charge in [0, 0.05) is 47.8 Å². The predicted octanol–water partition coefficient (Wildman–Crippen LogP) is 3.27. The Morgan fingerprint density at radius 1 is 1.22 bits per heavy atom. The first-order valence-electron chi connectivity index (χ1n) is 9.26. The second kappa shape index (κ2) is 6.95. The summed E-state index contributed by atoms with van der Waals surface area (Å²) in [5.41, 5.74) is 2.28. The van der Waals surface area contributed by atoms with Crippen molar-refractivity contribution < 1.29 is 4.79 Å². The van der Waals surface area contributed by atoms with Gasteiger partial charge in [-0.15, -0.1) is 0 Å². The lowest BCUT2D eigenvalue weighted by molar-refractivity contribution is -0.129. The molecule has 27 heavy (non-hydrogen) atoms. The molecule has 1 N–H and O–H groups in total. The Labute approximate surface area is 158 Å². The molecule has 1 aliphatic rings. The third-order valence-electron chi connectivity index (χ3n) is 5.21. The zero-order chi connectivity index (χ0) is 18.9. The number of carbonyl (C=O) groups is 1. The average Bonchev–Trinajstić information content (AvgIpc) is 3.24. The van der Waals surface area contributed by atoms with E-state index in [0.717, 1.165) is 36.1 Å². The van der Waals surface area contributed by atoms with Crippen LogP contribution in [0.4, 0.5) is 0 Å². The number of hydrogen-bond donors (Lipinski definition) is 1. The summed E-state index contributed by atoms with van der Waals surface area (Å²) in [5.74, 6) is 0.675. The number of aromatic nitrogens is 4. The van der Waals surface area contributed by atoms with E-state index in [1.54, 1.807) is 12.4 Å². The smallest absolute Gasteiger partial charge is 0.246 e. The molecule has 0 bridgehead atoms. The number of rotatable bonds is 4. The van der Waals surface area contributed by atoms with E-state index in [9.17, 15) is 4.79 Å². The molecular weight excluding hydrogens is 338 g/mol. The molecule has 0 radical (unpaired) electrons. The summed E-state index contributed by atoms with van der Waals surface area (Å²) >= 11 is 0. The van der Waals surface area contributed by atoms with E-state index < -0.39 is 5.54 Å². The van der Waals surface area contributed by atoms with Crippen molar-refractivity contribution in [3.63, 3.8) is 0 Å². The van der Waals surface area contributed by atoms with Crippen LogP contribution < -0.4 is 5.32 Å². The molecule has 6 nitrogen and oxygen atoms in total. The number of nitrogens with zero attached hydrogens (tertiary/aromatic N) is 4. The van der Waals surface area contributed by atoms with Gasteiger partial charge in [-0.3, -0.25) is 9.78 Å². The third kappa shape index (κ3) is 3.35. The highest BCUT2D eigenvalue weighted by molar-refractivity contribution is 5.84. The Morgan fingerprint density at radius 2 is 2.04 bits per heavy atom. The van der Waals surface area contributed by atoms with Crippen LogP contribution in [0.3, 0.4) is 0 Å². The van der Waals surface area contributed by atoms with Crippen LogP contribution in [-0.4, -0.2) is 25.4 Å². The van der Waals surface area contributed by atoms with Crippen LogP contribution in [0.2, 0.25) is 0 Å². The van der Waals surface area contributed by atoms with Gasteiger partial charge in [-0.25, -0.2) is 9.97 Å².